The Morgan fingerprint density at radius 3 is 2.17 bits per heavy atom. The lowest BCUT2D eigenvalue weighted by molar-refractivity contribution is 0.393. The van der Waals surface area contributed by atoms with Crippen LogP contribution < -0.4 is 10.6 Å². The summed E-state index contributed by atoms with van der Waals surface area (Å²) >= 11 is 0. The molecule has 1 aromatic carbocycles. The van der Waals surface area contributed by atoms with E-state index in [2.05, 4.69) is 24.5 Å². The molecule has 0 unspecified atom stereocenters. The van der Waals surface area contributed by atoms with Gasteiger partial charge in [-0.25, -0.2) is 8.42 Å². The molecule has 0 atom stereocenters. The molecule has 0 aliphatic carbocycles. The van der Waals surface area contributed by atoms with Gasteiger partial charge < -0.3 is 10.6 Å². The molecule has 0 aromatic heterocycles. The van der Waals surface area contributed by atoms with Crippen molar-refractivity contribution in [3.63, 3.8) is 0 Å². The van der Waals surface area contributed by atoms with Crippen LogP contribution in [0.4, 0.5) is 0 Å². The number of rotatable bonds is 6. The fourth-order valence-electron chi connectivity index (χ4n) is 1.46. The molecule has 1 rings (SSSR count). The van der Waals surface area contributed by atoms with Crippen molar-refractivity contribution < 1.29 is 8.42 Å². The lowest BCUT2D eigenvalue weighted by Crippen LogP contribution is -2.45. The van der Waals surface area contributed by atoms with E-state index in [1.165, 1.54) is 6.26 Å². The molecule has 18 heavy (non-hydrogen) atoms. The molecule has 5 heteroatoms. The monoisotopic (exact) mass is 270 g/mol. The maximum Gasteiger partial charge on any atom is 0.175 e. The van der Waals surface area contributed by atoms with Gasteiger partial charge in [0.15, 0.2) is 9.84 Å². The van der Waals surface area contributed by atoms with Crippen molar-refractivity contribution in [3.05, 3.63) is 29.8 Å². The predicted molar refractivity (Wildman–Crippen MR) is 74.4 cm³/mol. The Kier molecular flexibility index (Phi) is 4.90. The van der Waals surface area contributed by atoms with Crippen molar-refractivity contribution in [2.24, 2.45) is 0 Å². The fraction of sp³-hybridized carbons (Fsp3) is 0.538. The average molecular weight is 270 g/mol. The van der Waals surface area contributed by atoms with Crippen LogP contribution >= 0.6 is 0 Å². The molecule has 0 aliphatic heterocycles. The molecule has 0 bridgehead atoms. The third kappa shape index (κ3) is 4.76. The van der Waals surface area contributed by atoms with E-state index >= 15 is 0 Å². The van der Waals surface area contributed by atoms with E-state index < -0.39 is 9.84 Å². The summed E-state index contributed by atoms with van der Waals surface area (Å²) in [5.41, 5.74) is 1.13. The maximum atomic E-state index is 11.3. The zero-order valence-electron chi connectivity index (χ0n) is 11.4. The summed E-state index contributed by atoms with van der Waals surface area (Å²) in [4.78, 5) is 0.363. The lowest BCUT2D eigenvalue weighted by Gasteiger charge is -2.24. The summed E-state index contributed by atoms with van der Waals surface area (Å²) in [6, 6.07) is 6.98. The Labute approximate surface area is 110 Å². The van der Waals surface area contributed by atoms with Crippen LogP contribution in [0.25, 0.3) is 0 Å². The number of nitrogens with one attached hydrogen (secondary N) is 2. The topological polar surface area (TPSA) is 58.2 Å². The molecule has 1 aromatic rings. The minimum absolute atomic E-state index is 0.0483. The van der Waals surface area contributed by atoms with Crippen molar-refractivity contribution >= 4 is 9.84 Å². The molecular formula is C13H22N2O2S. The number of hydrogen-bond acceptors (Lipinski definition) is 4. The molecule has 0 spiro atoms. The summed E-state index contributed by atoms with van der Waals surface area (Å²) in [6.45, 7) is 5.81. The first-order valence-electron chi connectivity index (χ1n) is 5.93. The first kappa shape index (κ1) is 15.1. The van der Waals surface area contributed by atoms with Gasteiger partial charge in [-0.2, -0.15) is 0 Å². The largest absolute Gasteiger partial charge is 0.314 e. The van der Waals surface area contributed by atoms with E-state index in [-0.39, 0.29) is 5.54 Å². The van der Waals surface area contributed by atoms with Crippen molar-refractivity contribution in [1.29, 1.82) is 0 Å². The zero-order chi connectivity index (χ0) is 13.8. The predicted octanol–water partition coefficient (Wildman–Crippen LogP) is 1.18. The third-order valence-electron chi connectivity index (χ3n) is 2.92. The SMILES string of the molecule is CNC(C)(C)CNCc1ccc(S(C)(=O)=O)cc1. The van der Waals surface area contributed by atoms with Gasteiger partial charge in [0.1, 0.15) is 0 Å². The molecule has 2 N–H and O–H groups in total. The quantitative estimate of drug-likeness (QED) is 0.815. The molecular weight excluding hydrogens is 248 g/mol. The van der Waals surface area contributed by atoms with Gasteiger partial charge >= 0.3 is 0 Å². The molecule has 0 saturated heterocycles. The molecule has 0 aliphatic rings. The van der Waals surface area contributed by atoms with E-state index in [0.29, 0.717) is 4.90 Å². The minimum Gasteiger partial charge on any atom is -0.314 e. The third-order valence-corrected chi connectivity index (χ3v) is 4.05. The van der Waals surface area contributed by atoms with Crippen LogP contribution in [0.2, 0.25) is 0 Å². The van der Waals surface area contributed by atoms with Crippen LogP contribution in [0.5, 0.6) is 0 Å². The van der Waals surface area contributed by atoms with E-state index in [9.17, 15) is 8.42 Å². The fourth-order valence-corrected chi connectivity index (χ4v) is 2.09. The Balaban J connectivity index is 2.55. The van der Waals surface area contributed by atoms with Gasteiger partial charge in [-0.05, 0) is 38.6 Å². The minimum atomic E-state index is -3.10. The van der Waals surface area contributed by atoms with Gasteiger partial charge in [-0.1, -0.05) is 12.1 Å². The van der Waals surface area contributed by atoms with E-state index in [1.54, 1.807) is 12.1 Å². The molecule has 0 heterocycles. The van der Waals surface area contributed by atoms with Crippen LogP contribution in [0.3, 0.4) is 0 Å². The lowest BCUT2D eigenvalue weighted by atomic mass is 10.1. The summed E-state index contributed by atoms with van der Waals surface area (Å²) < 4.78 is 22.6. The Morgan fingerprint density at radius 2 is 1.72 bits per heavy atom. The number of sulfone groups is 1. The van der Waals surface area contributed by atoms with Gasteiger partial charge in [-0.3, -0.25) is 0 Å². The van der Waals surface area contributed by atoms with Gasteiger partial charge in [0.2, 0.25) is 0 Å². The second-order valence-electron chi connectivity index (χ2n) is 5.15. The van der Waals surface area contributed by atoms with E-state index in [1.807, 2.05) is 19.2 Å². The van der Waals surface area contributed by atoms with Gasteiger partial charge in [0.25, 0.3) is 0 Å². The maximum absolute atomic E-state index is 11.3. The number of likely N-dealkylation sites (N-methyl/N-ethyl adjacent to an activating group) is 1. The molecule has 0 fully saturated rings. The van der Waals surface area contributed by atoms with Crippen LogP contribution in [0.1, 0.15) is 19.4 Å². The highest BCUT2D eigenvalue weighted by atomic mass is 32.2. The Hall–Kier alpha value is -0.910. The van der Waals surface area contributed by atoms with Crippen molar-refractivity contribution in [2.75, 3.05) is 19.8 Å². The number of benzene rings is 1. The first-order chi connectivity index (χ1) is 8.24. The molecule has 102 valence electrons. The van der Waals surface area contributed by atoms with Crippen LogP contribution in [-0.4, -0.2) is 33.8 Å². The average Bonchev–Trinajstić information content (AvgIpc) is 2.28. The van der Waals surface area contributed by atoms with Gasteiger partial charge in [-0.15, -0.1) is 0 Å². The molecule has 0 saturated carbocycles. The van der Waals surface area contributed by atoms with E-state index in [4.69, 9.17) is 0 Å². The zero-order valence-corrected chi connectivity index (χ0v) is 12.3. The first-order valence-corrected chi connectivity index (χ1v) is 7.82. The van der Waals surface area contributed by atoms with Crippen molar-refractivity contribution in [3.8, 4) is 0 Å². The van der Waals surface area contributed by atoms with Crippen molar-refractivity contribution in [2.45, 2.75) is 30.8 Å². The number of hydrogen-bond donors (Lipinski definition) is 2. The van der Waals surface area contributed by atoms with Crippen LogP contribution in [0.15, 0.2) is 29.2 Å². The second kappa shape index (κ2) is 5.82. The normalized spacial score (nSPS) is 12.7. The summed E-state index contributed by atoms with van der Waals surface area (Å²) in [6.07, 6.45) is 1.22. The highest BCUT2D eigenvalue weighted by Gasteiger charge is 2.13. The highest BCUT2D eigenvalue weighted by molar-refractivity contribution is 7.90. The summed E-state index contributed by atoms with van der Waals surface area (Å²) in [5.74, 6) is 0. The van der Waals surface area contributed by atoms with E-state index in [0.717, 1.165) is 18.7 Å². The molecule has 0 amide bonds. The summed E-state index contributed by atoms with van der Waals surface area (Å²) in [7, 11) is -1.16. The van der Waals surface area contributed by atoms with Gasteiger partial charge in [0, 0.05) is 24.9 Å². The standard InChI is InChI=1S/C13H22N2O2S/c1-13(2,14-3)10-15-9-11-5-7-12(8-6-11)18(4,16)17/h5-8,14-15H,9-10H2,1-4H3. The van der Waals surface area contributed by atoms with Crippen LogP contribution in [0, 0.1) is 0 Å². The molecule has 4 nitrogen and oxygen atoms in total. The highest BCUT2D eigenvalue weighted by Crippen LogP contribution is 2.10. The smallest absolute Gasteiger partial charge is 0.175 e. The summed E-state index contributed by atoms with van der Waals surface area (Å²) in [5, 5.41) is 6.55. The van der Waals surface area contributed by atoms with Gasteiger partial charge in [0.05, 0.1) is 4.90 Å². The second-order valence-corrected chi connectivity index (χ2v) is 7.17. The molecule has 0 radical (unpaired) electrons. The van der Waals surface area contributed by atoms with Crippen molar-refractivity contribution in [1.82, 2.24) is 10.6 Å². The Bertz CT molecular complexity index is 478. The van der Waals surface area contributed by atoms with Crippen LogP contribution in [-0.2, 0) is 16.4 Å². The Morgan fingerprint density at radius 1 is 1.17 bits per heavy atom.